The Morgan fingerprint density at radius 3 is 2.59 bits per heavy atom. The summed E-state index contributed by atoms with van der Waals surface area (Å²) >= 11 is 17.8. The fraction of sp³-hybridized carbons (Fsp3) is 0.0667. The molecule has 0 aliphatic heterocycles. The van der Waals surface area contributed by atoms with Crippen molar-refractivity contribution in [3.8, 4) is 0 Å². The first-order valence-corrected chi connectivity index (χ1v) is 7.45. The van der Waals surface area contributed by atoms with E-state index < -0.39 is 0 Å². The van der Waals surface area contributed by atoms with Crippen LogP contribution in [0.5, 0.6) is 0 Å². The molecule has 0 aliphatic rings. The molecule has 22 heavy (non-hydrogen) atoms. The quantitative estimate of drug-likeness (QED) is 0.623. The van der Waals surface area contributed by atoms with E-state index in [0.29, 0.717) is 26.3 Å². The lowest BCUT2D eigenvalue weighted by atomic mass is 10.2. The Balaban J connectivity index is 1.85. The lowest BCUT2D eigenvalue weighted by Gasteiger charge is -2.06. The SMILES string of the molecule is O=C(CNc1ccccc1Cl)N/N=C\c1ccc(Cl)cc1Cl. The molecule has 1 amide bonds. The van der Waals surface area contributed by atoms with Gasteiger partial charge in [0.2, 0.25) is 0 Å². The summed E-state index contributed by atoms with van der Waals surface area (Å²) in [6, 6.07) is 12.2. The van der Waals surface area contributed by atoms with Crippen LogP contribution in [0.15, 0.2) is 47.6 Å². The van der Waals surface area contributed by atoms with E-state index >= 15 is 0 Å². The van der Waals surface area contributed by atoms with E-state index in [1.165, 1.54) is 6.21 Å². The van der Waals surface area contributed by atoms with Gasteiger partial charge in [-0.15, -0.1) is 0 Å². The molecular weight excluding hydrogens is 345 g/mol. The number of carbonyl (C=O) groups excluding carboxylic acids is 1. The molecule has 0 fully saturated rings. The van der Waals surface area contributed by atoms with Gasteiger partial charge in [-0.05, 0) is 24.3 Å². The number of halogens is 3. The molecule has 0 radical (unpaired) electrons. The summed E-state index contributed by atoms with van der Waals surface area (Å²) in [4.78, 5) is 11.7. The Morgan fingerprint density at radius 1 is 1.09 bits per heavy atom. The fourth-order valence-corrected chi connectivity index (χ4v) is 2.26. The Bertz CT molecular complexity index is 704. The normalized spacial score (nSPS) is 10.7. The monoisotopic (exact) mass is 355 g/mol. The van der Waals surface area contributed by atoms with Gasteiger partial charge in [0.05, 0.1) is 28.5 Å². The lowest BCUT2D eigenvalue weighted by molar-refractivity contribution is -0.119. The van der Waals surface area contributed by atoms with Crippen molar-refractivity contribution in [2.75, 3.05) is 11.9 Å². The number of hydrazone groups is 1. The van der Waals surface area contributed by atoms with Crippen LogP contribution < -0.4 is 10.7 Å². The molecule has 2 aromatic rings. The smallest absolute Gasteiger partial charge is 0.259 e. The zero-order valence-electron chi connectivity index (χ0n) is 11.3. The van der Waals surface area contributed by atoms with Crippen molar-refractivity contribution in [3.05, 3.63) is 63.1 Å². The van der Waals surface area contributed by atoms with Gasteiger partial charge in [0.1, 0.15) is 0 Å². The number of para-hydroxylation sites is 1. The molecule has 2 rings (SSSR count). The van der Waals surface area contributed by atoms with Gasteiger partial charge in [-0.2, -0.15) is 5.10 Å². The number of carbonyl (C=O) groups is 1. The van der Waals surface area contributed by atoms with E-state index in [1.54, 1.807) is 30.3 Å². The third-order valence-corrected chi connectivity index (χ3v) is 3.56. The maximum absolute atomic E-state index is 11.7. The van der Waals surface area contributed by atoms with E-state index in [9.17, 15) is 4.79 Å². The van der Waals surface area contributed by atoms with Crippen LogP contribution in [0.2, 0.25) is 15.1 Å². The Morgan fingerprint density at radius 2 is 1.86 bits per heavy atom. The van der Waals surface area contributed by atoms with Crippen molar-refractivity contribution in [1.29, 1.82) is 0 Å². The summed E-state index contributed by atoms with van der Waals surface area (Å²) < 4.78 is 0. The topological polar surface area (TPSA) is 53.5 Å². The van der Waals surface area contributed by atoms with Crippen LogP contribution in [-0.2, 0) is 4.79 Å². The van der Waals surface area contributed by atoms with Crippen molar-refractivity contribution >= 4 is 52.6 Å². The summed E-state index contributed by atoms with van der Waals surface area (Å²) in [5.41, 5.74) is 3.74. The molecule has 0 bridgehead atoms. The third kappa shape index (κ3) is 4.91. The lowest BCUT2D eigenvalue weighted by Crippen LogP contribution is -2.25. The molecule has 0 heterocycles. The number of amides is 1. The minimum atomic E-state index is -0.304. The van der Waals surface area contributed by atoms with E-state index in [2.05, 4.69) is 15.8 Å². The van der Waals surface area contributed by atoms with Gasteiger partial charge >= 0.3 is 0 Å². The zero-order chi connectivity index (χ0) is 15.9. The van der Waals surface area contributed by atoms with Crippen molar-refractivity contribution < 1.29 is 4.79 Å². The predicted octanol–water partition coefficient (Wildman–Crippen LogP) is 4.21. The molecule has 0 unspecified atom stereocenters. The molecular formula is C15H12Cl3N3O. The summed E-state index contributed by atoms with van der Waals surface area (Å²) in [6.45, 7) is 0.0510. The van der Waals surface area contributed by atoms with Crippen LogP contribution in [0.25, 0.3) is 0 Å². The average molecular weight is 357 g/mol. The number of hydrogen-bond acceptors (Lipinski definition) is 3. The molecule has 0 aromatic heterocycles. The standard InChI is InChI=1S/C15H12Cl3N3O/c16-11-6-5-10(13(18)7-11)8-20-21-15(22)9-19-14-4-2-1-3-12(14)17/h1-8,19H,9H2,(H,21,22)/b20-8-. The molecule has 0 spiro atoms. The second-order valence-corrected chi connectivity index (χ2v) is 5.54. The van der Waals surface area contributed by atoms with E-state index in [0.717, 1.165) is 0 Å². The van der Waals surface area contributed by atoms with Crippen LogP contribution in [-0.4, -0.2) is 18.7 Å². The minimum absolute atomic E-state index is 0.0510. The van der Waals surface area contributed by atoms with Crippen LogP contribution >= 0.6 is 34.8 Å². The summed E-state index contributed by atoms with van der Waals surface area (Å²) in [5.74, 6) is -0.304. The molecule has 0 aliphatic carbocycles. The highest BCUT2D eigenvalue weighted by atomic mass is 35.5. The summed E-state index contributed by atoms with van der Waals surface area (Å²) in [6.07, 6.45) is 1.45. The van der Waals surface area contributed by atoms with E-state index in [-0.39, 0.29) is 12.5 Å². The van der Waals surface area contributed by atoms with Crippen molar-refractivity contribution in [3.63, 3.8) is 0 Å². The van der Waals surface area contributed by atoms with Gasteiger partial charge in [-0.3, -0.25) is 4.79 Å². The number of hydrogen-bond donors (Lipinski definition) is 2. The average Bonchev–Trinajstić information content (AvgIpc) is 2.49. The summed E-state index contributed by atoms with van der Waals surface area (Å²) in [7, 11) is 0. The highest BCUT2D eigenvalue weighted by Gasteiger charge is 2.02. The molecule has 114 valence electrons. The predicted molar refractivity (Wildman–Crippen MR) is 92.1 cm³/mol. The fourth-order valence-electron chi connectivity index (χ4n) is 1.60. The summed E-state index contributed by atoms with van der Waals surface area (Å²) in [5, 5.41) is 8.30. The Kier molecular flexibility index (Phi) is 6.07. The van der Waals surface area contributed by atoms with Crippen molar-refractivity contribution in [2.24, 2.45) is 5.10 Å². The molecule has 0 saturated carbocycles. The van der Waals surface area contributed by atoms with E-state index in [1.807, 2.05) is 12.1 Å². The number of anilines is 1. The zero-order valence-corrected chi connectivity index (χ0v) is 13.6. The van der Waals surface area contributed by atoms with Crippen LogP contribution in [0.4, 0.5) is 5.69 Å². The van der Waals surface area contributed by atoms with Gasteiger partial charge in [0.25, 0.3) is 5.91 Å². The van der Waals surface area contributed by atoms with Gasteiger partial charge < -0.3 is 5.32 Å². The minimum Gasteiger partial charge on any atom is -0.375 e. The number of benzene rings is 2. The number of nitrogens with one attached hydrogen (secondary N) is 2. The first kappa shape index (κ1) is 16.6. The molecule has 0 atom stereocenters. The van der Waals surface area contributed by atoms with Gasteiger partial charge in [-0.1, -0.05) is 53.0 Å². The van der Waals surface area contributed by atoms with Gasteiger partial charge in [0.15, 0.2) is 0 Å². The molecule has 2 N–H and O–H groups in total. The largest absolute Gasteiger partial charge is 0.375 e. The maximum atomic E-state index is 11.7. The van der Waals surface area contributed by atoms with Crippen LogP contribution in [0.1, 0.15) is 5.56 Å². The molecule has 2 aromatic carbocycles. The second-order valence-electron chi connectivity index (χ2n) is 4.29. The van der Waals surface area contributed by atoms with Gasteiger partial charge in [0, 0.05) is 10.6 Å². The first-order valence-electron chi connectivity index (χ1n) is 6.31. The van der Waals surface area contributed by atoms with Crippen molar-refractivity contribution in [2.45, 2.75) is 0 Å². The third-order valence-electron chi connectivity index (χ3n) is 2.67. The molecule has 7 heteroatoms. The second kappa shape index (κ2) is 8.03. The van der Waals surface area contributed by atoms with Crippen LogP contribution in [0.3, 0.4) is 0 Å². The first-order chi connectivity index (χ1) is 10.6. The highest BCUT2D eigenvalue weighted by molar-refractivity contribution is 6.36. The van der Waals surface area contributed by atoms with E-state index in [4.69, 9.17) is 34.8 Å². The molecule has 4 nitrogen and oxygen atoms in total. The highest BCUT2D eigenvalue weighted by Crippen LogP contribution is 2.20. The molecule has 0 saturated heterocycles. The van der Waals surface area contributed by atoms with Crippen LogP contribution in [0, 0.1) is 0 Å². The Labute approximate surface area is 143 Å². The van der Waals surface area contributed by atoms with Gasteiger partial charge in [-0.25, -0.2) is 5.43 Å². The number of nitrogens with zero attached hydrogens (tertiary/aromatic N) is 1. The number of rotatable bonds is 5. The maximum Gasteiger partial charge on any atom is 0.259 e. The van der Waals surface area contributed by atoms with Crippen molar-refractivity contribution in [1.82, 2.24) is 5.43 Å². The Hall–Kier alpha value is -1.75.